The molecule has 0 aliphatic carbocycles. The molecular weight excluding hydrogens is 266 g/mol. The molecule has 0 aliphatic heterocycles. The summed E-state index contributed by atoms with van der Waals surface area (Å²) < 4.78 is 5.07. The molecule has 0 radical (unpaired) electrons. The van der Waals surface area contributed by atoms with Gasteiger partial charge in [-0.15, -0.1) is 10.2 Å². The molecule has 0 atom stereocenters. The predicted octanol–water partition coefficient (Wildman–Crippen LogP) is 1.19. The third-order valence-corrected chi connectivity index (χ3v) is 2.94. The Morgan fingerprint density at radius 2 is 2.20 bits per heavy atom. The van der Waals surface area contributed by atoms with Crippen LogP contribution in [0.25, 0.3) is 22.4 Å². The van der Waals surface area contributed by atoms with Crippen molar-refractivity contribution in [3.8, 4) is 11.4 Å². The van der Waals surface area contributed by atoms with Crippen molar-refractivity contribution < 1.29 is 9.34 Å². The standard InChI is InChI=1S/C11H7N5O4/c1-5-6-3-2-4-7(16(18)19)9(6)20-11(17)8(5)10-12-14-15-13-10/h2-4H,1H3,(H,12,13,14,15). The van der Waals surface area contributed by atoms with Crippen LogP contribution in [0.2, 0.25) is 0 Å². The monoisotopic (exact) mass is 273 g/mol. The van der Waals surface area contributed by atoms with Crippen LogP contribution in [0.5, 0.6) is 0 Å². The molecule has 2 heterocycles. The molecule has 3 rings (SSSR count). The molecule has 100 valence electrons. The molecule has 0 fully saturated rings. The fourth-order valence-corrected chi connectivity index (χ4v) is 2.03. The van der Waals surface area contributed by atoms with Crippen LogP contribution < -0.4 is 5.63 Å². The molecule has 9 nitrogen and oxygen atoms in total. The summed E-state index contributed by atoms with van der Waals surface area (Å²) in [5.74, 6) is 0.0876. The minimum atomic E-state index is -0.745. The van der Waals surface area contributed by atoms with Crippen molar-refractivity contribution in [2.45, 2.75) is 6.92 Å². The first-order valence-electron chi connectivity index (χ1n) is 5.54. The highest BCUT2D eigenvalue weighted by molar-refractivity contribution is 5.91. The van der Waals surface area contributed by atoms with E-state index in [0.29, 0.717) is 10.9 Å². The summed E-state index contributed by atoms with van der Waals surface area (Å²) in [6.07, 6.45) is 0. The Hall–Kier alpha value is -3.10. The van der Waals surface area contributed by atoms with Crippen LogP contribution in [0.4, 0.5) is 5.69 Å². The number of aryl methyl sites for hydroxylation is 1. The molecule has 9 heteroatoms. The Labute approximate surface area is 110 Å². The third kappa shape index (κ3) is 1.64. The summed E-state index contributed by atoms with van der Waals surface area (Å²) >= 11 is 0. The number of aromatic nitrogens is 4. The van der Waals surface area contributed by atoms with Crippen molar-refractivity contribution in [3.05, 3.63) is 44.3 Å². The lowest BCUT2D eigenvalue weighted by Crippen LogP contribution is -2.08. The van der Waals surface area contributed by atoms with Gasteiger partial charge in [0, 0.05) is 11.5 Å². The van der Waals surface area contributed by atoms with Gasteiger partial charge in [-0.2, -0.15) is 5.21 Å². The van der Waals surface area contributed by atoms with Crippen molar-refractivity contribution in [3.63, 3.8) is 0 Å². The van der Waals surface area contributed by atoms with Crippen molar-refractivity contribution >= 4 is 16.7 Å². The summed E-state index contributed by atoms with van der Waals surface area (Å²) in [5.41, 5.74) is -0.437. The maximum Gasteiger partial charge on any atom is 0.348 e. The quantitative estimate of drug-likeness (QED) is 0.421. The lowest BCUT2D eigenvalue weighted by Gasteiger charge is -2.04. The molecular formula is C11H7N5O4. The van der Waals surface area contributed by atoms with Crippen molar-refractivity contribution in [1.82, 2.24) is 20.6 Å². The van der Waals surface area contributed by atoms with E-state index in [2.05, 4.69) is 20.6 Å². The van der Waals surface area contributed by atoms with Crippen LogP contribution in [0, 0.1) is 17.0 Å². The molecule has 0 spiro atoms. The van der Waals surface area contributed by atoms with Gasteiger partial charge in [0.05, 0.1) is 4.92 Å². The average Bonchev–Trinajstić information content (AvgIpc) is 2.91. The summed E-state index contributed by atoms with van der Waals surface area (Å²) in [6, 6.07) is 4.43. The first kappa shape index (κ1) is 12.0. The van der Waals surface area contributed by atoms with Crippen molar-refractivity contribution in [1.29, 1.82) is 0 Å². The van der Waals surface area contributed by atoms with E-state index < -0.39 is 10.5 Å². The van der Waals surface area contributed by atoms with Gasteiger partial charge in [0.2, 0.25) is 11.4 Å². The number of benzene rings is 1. The number of hydrogen-bond donors (Lipinski definition) is 1. The summed E-state index contributed by atoms with van der Waals surface area (Å²) in [4.78, 5) is 22.4. The molecule has 20 heavy (non-hydrogen) atoms. The smallest absolute Gasteiger partial charge is 0.348 e. The van der Waals surface area contributed by atoms with Crippen LogP contribution in [-0.4, -0.2) is 25.5 Å². The zero-order chi connectivity index (χ0) is 14.3. The van der Waals surface area contributed by atoms with Crippen LogP contribution in [0.15, 0.2) is 27.4 Å². The number of nitrogens with zero attached hydrogens (tertiary/aromatic N) is 4. The molecule has 0 aliphatic rings. The Bertz CT molecular complexity index is 868. The number of nitro benzene ring substituents is 1. The molecule has 3 aromatic rings. The van der Waals surface area contributed by atoms with E-state index >= 15 is 0 Å². The number of H-pyrrole nitrogens is 1. The van der Waals surface area contributed by atoms with Gasteiger partial charge in [-0.1, -0.05) is 12.1 Å². The van der Waals surface area contributed by atoms with Crippen LogP contribution >= 0.6 is 0 Å². The first-order chi connectivity index (χ1) is 9.59. The number of fused-ring (bicyclic) bond motifs is 1. The zero-order valence-electron chi connectivity index (χ0n) is 10.2. The van der Waals surface area contributed by atoms with E-state index in [4.69, 9.17) is 4.42 Å². The largest absolute Gasteiger partial charge is 0.415 e. The van der Waals surface area contributed by atoms with Gasteiger partial charge in [0.1, 0.15) is 5.56 Å². The molecule has 0 amide bonds. The Kier molecular flexibility index (Phi) is 2.53. The zero-order valence-corrected chi connectivity index (χ0v) is 10.2. The van der Waals surface area contributed by atoms with Gasteiger partial charge in [-0.05, 0) is 17.7 Å². The second kappa shape index (κ2) is 4.23. The lowest BCUT2D eigenvalue weighted by atomic mass is 10.1. The fraction of sp³-hybridized carbons (Fsp3) is 0.0909. The minimum Gasteiger partial charge on any atom is -0.415 e. The summed E-state index contributed by atoms with van der Waals surface area (Å²) in [5, 5.41) is 24.5. The van der Waals surface area contributed by atoms with E-state index in [1.54, 1.807) is 13.0 Å². The molecule has 0 saturated heterocycles. The van der Waals surface area contributed by atoms with Crippen LogP contribution in [0.1, 0.15) is 5.56 Å². The van der Waals surface area contributed by atoms with Gasteiger partial charge >= 0.3 is 11.3 Å². The highest BCUT2D eigenvalue weighted by Gasteiger charge is 2.21. The normalized spacial score (nSPS) is 10.8. The van der Waals surface area contributed by atoms with Crippen molar-refractivity contribution in [2.24, 2.45) is 0 Å². The molecule has 1 N–H and O–H groups in total. The second-order valence-corrected chi connectivity index (χ2v) is 4.04. The molecule has 0 saturated carbocycles. The average molecular weight is 273 g/mol. The Morgan fingerprint density at radius 3 is 2.85 bits per heavy atom. The molecule has 0 bridgehead atoms. The molecule has 2 aromatic heterocycles. The lowest BCUT2D eigenvalue weighted by molar-refractivity contribution is -0.383. The number of rotatable bonds is 2. The van der Waals surface area contributed by atoms with Gasteiger partial charge in [0.15, 0.2) is 0 Å². The van der Waals surface area contributed by atoms with Gasteiger partial charge in [0.25, 0.3) is 0 Å². The first-order valence-corrected chi connectivity index (χ1v) is 5.54. The number of aromatic amines is 1. The number of hydrogen-bond acceptors (Lipinski definition) is 7. The van der Waals surface area contributed by atoms with E-state index in [1.165, 1.54) is 12.1 Å². The van der Waals surface area contributed by atoms with Gasteiger partial charge < -0.3 is 4.42 Å². The number of tetrazole rings is 1. The second-order valence-electron chi connectivity index (χ2n) is 4.04. The Morgan fingerprint density at radius 1 is 1.40 bits per heavy atom. The van der Waals surface area contributed by atoms with Crippen LogP contribution in [0.3, 0.4) is 0 Å². The van der Waals surface area contributed by atoms with E-state index in [0.717, 1.165) is 0 Å². The maximum absolute atomic E-state index is 12.0. The minimum absolute atomic E-state index is 0.0627. The maximum atomic E-state index is 12.0. The van der Waals surface area contributed by atoms with E-state index in [9.17, 15) is 14.9 Å². The number of nitrogens with one attached hydrogen (secondary N) is 1. The SMILES string of the molecule is Cc1c(-c2nn[nH]n2)c(=O)oc2c([N+](=O)[O-])cccc12. The number of nitro groups is 1. The molecule has 1 aromatic carbocycles. The highest BCUT2D eigenvalue weighted by atomic mass is 16.6. The van der Waals surface area contributed by atoms with Crippen molar-refractivity contribution in [2.75, 3.05) is 0 Å². The summed E-state index contributed by atoms with van der Waals surface area (Å²) in [6.45, 7) is 1.65. The Balaban J connectivity index is 2.44. The predicted molar refractivity (Wildman–Crippen MR) is 67.0 cm³/mol. The van der Waals surface area contributed by atoms with Crippen LogP contribution in [-0.2, 0) is 0 Å². The highest BCUT2D eigenvalue weighted by Crippen LogP contribution is 2.29. The topological polar surface area (TPSA) is 128 Å². The fourth-order valence-electron chi connectivity index (χ4n) is 2.03. The molecule has 0 unspecified atom stereocenters. The van der Waals surface area contributed by atoms with E-state index in [1.807, 2.05) is 0 Å². The van der Waals surface area contributed by atoms with Gasteiger partial charge in [-0.3, -0.25) is 10.1 Å². The third-order valence-electron chi connectivity index (χ3n) is 2.94. The number of para-hydroxylation sites is 1. The van der Waals surface area contributed by atoms with Gasteiger partial charge in [-0.25, -0.2) is 4.79 Å². The number of non-ortho nitro benzene ring substituents is 1. The summed E-state index contributed by atoms with van der Waals surface area (Å²) in [7, 11) is 0. The van der Waals surface area contributed by atoms with E-state index in [-0.39, 0.29) is 22.7 Å².